The van der Waals surface area contributed by atoms with Crippen LogP contribution in [0.1, 0.15) is 66.3 Å². The molecular weight excluding hydrogens is 328 g/mol. The number of rotatable bonds is 3. The smallest absolute Gasteiger partial charge is 0.273 e. The number of amides is 1. The van der Waals surface area contributed by atoms with Gasteiger partial charge in [-0.25, -0.2) is 0 Å². The Hall–Kier alpha value is -2.76. The van der Waals surface area contributed by atoms with Gasteiger partial charge in [0.1, 0.15) is 11.7 Å². The Morgan fingerprint density at radius 2 is 2.00 bits per heavy atom. The molecule has 1 aliphatic heterocycles. The van der Waals surface area contributed by atoms with E-state index in [1.807, 2.05) is 35.2 Å². The minimum absolute atomic E-state index is 0.0577. The van der Waals surface area contributed by atoms with Crippen molar-refractivity contribution in [3.8, 4) is 0 Å². The highest BCUT2D eigenvalue weighted by atomic mass is 16.5. The number of benzene rings is 1. The Morgan fingerprint density at radius 3 is 2.88 bits per heavy atom. The molecule has 0 unspecified atom stereocenters. The van der Waals surface area contributed by atoms with E-state index in [-0.39, 0.29) is 11.9 Å². The predicted molar refractivity (Wildman–Crippen MR) is 95.6 cm³/mol. The Balaban J connectivity index is 1.50. The summed E-state index contributed by atoms with van der Waals surface area (Å²) >= 11 is 0. The van der Waals surface area contributed by atoms with E-state index in [1.54, 1.807) is 6.20 Å². The third-order valence-electron chi connectivity index (χ3n) is 5.32. The summed E-state index contributed by atoms with van der Waals surface area (Å²) in [6, 6.07) is 9.64. The first kappa shape index (κ1) is 15.5. The first-order valence-electron chi connectivity index (χ1n) is 9.29. The van der Waals surface area contributed by atoms with Gasteiger partial charge in [0.2, 0.25) is 5.89 Å². The van der Waals surface area contributed by atoms with Crippen LogP contribution in [0.25, 0.3) is 10.8 Å². The van der Waals surface area contributed by atoms with E-state index in [2.05, 4.69) is 15.1 Å². The topological polar surface area (TPSA) is 72.1 Å². The molecule has 1 aromatic carbocycles. The highest BCUT2D eigenvalue weighted by Crippen LogP contribution is 2.39. The van der Waals surface area contributed by atoms with Gasteiger partial charge in [0, 0.05) is 24.0 Å². The molecule has 0 bridgehead atoms. The minimum Gasteiger partial charge on any atom is -0.337 e. The molecule has 5 rings (SSSR count). The minimum atomic E-state index is -0.156. The average molecular weight is 348 g/mol. The second-order valence-electron chi connectivity index (χ2n) is 7.16. The lowest BCUT2D eigenvalue weighted by Gasteiger charge is -2.33. The number of nitrogens with zero attached hydrogens (tertiary/aromatic N) is 4. The van der Waals surface area contributed by atoms with Crippen LogP contribution in [0.3, 0.4) is 0 Å². The molecule has 26 heavy (non-hydrogen) atoms. The monoisotopic (exact) mass is 348 g/mol. The summed E-state index contributed by atoms with van der Waals surface area (Å²) in [5, 5.41) is 6.03. The van der Waals surface area contributed by atoms with Crippen molar-refractivity contribution in [2.75, 3.05) is 6.54 Å². The van der Waals surface area contributed by atoms with Crippen LogP contribution in [-0.4, -0.2) is 32.5 Å². The quantitative estimate of drug-likeness (QED) is 0.718. The van der Waals surface area contributed by atoms with Crippen LogP contribution in [0.5, 0.6) is 0 Å². The van der Waals surface area contributed by atoms with E-state index >= 15 is 0 Å². The summed E-state index contributed by atoms with van der Waals surface area (Å²) in [7, 11) is 0. The molecule has 6 nitrogen and oxygen atoms in total. The Kier molecular flexibility index (Phi) is 3.69. The number of carbonyl (C=O) groups excluding carboxylic acids is 1. The Bertz CT molecular complexity index is 958. The van der Waals surface area contributed by atoms with Crippen LogP contribution >= 0.6 is 0 Å². The predicted octanol–water partition coefficient (Wildman–Crippen LogP) is 3.86. The summed E-state index contributed by atoms with van der Waals surface area (Å²) < 4.78 is 5.53. The van der Waals surface area contributed by atoms with Crippen LogP contribution in [-0.2, 0) is 0 Å². The van der Waals surface area contributed by atoms with Crippen molar-refractivity contribution in [3.63, 3.8) is 0 Å². The molecule has 1 atom stereocenters. The third kappa shape index (κ3) is 2.66. The van der Waals surface area contributed by atoms with Gasteiger partial charge in [-0.05, 0) is 43.6 Å². The maximum atomic E-state index is 13.3. The normalized spacial score (nSPS) is 20.5. The molecule has 3 aromatic rings. The molecule has 0 N–H and O–H groups in total. The first-order valence-corrected chi connectivity index (χ1v) is 9.29. The second kappa shape index (κ2) is 6.20. The van der Waals surface area contributed by atoms with Gasteiger partial charge in [-0.1, -0.05) is 29.4 Å². The fraction of sp³-hybridized carbons (Fsp3) is 0.400. The molecule has 1 saturated carbocycles. The molecular formula is C20H20N4O2. The molecule has 1 saturated heterocycles. The molecule has 2 fully saturated rings. The number of hydrogen-bond donors (Lipinski definition) is 0. The van der Waals surface area contributed by atoms with Gasteiger partial charge >= 0.3 is 0 Å². The lowest BCUT2D eigenvalue weighted by molar-refractivity contribution is 0.0557. The Morgan fingerprint density at radius 1 is 1.12 bits per heavy atom. The Labute approximate surface area is 151 Å². The zero-order valence-corrected chi connectivity index (χ0v) is 14.5. The summed E-state index contributed by atoms with van der Waals surface area (Å²) in [5.41, 5.74) is 0.497. The van der Waals surface area contributed by atoms with Crippen LogP contribution in [0, 0.1) is 0 Å². The van der Waals surface area contributed by atoms with Crippen molar-refractivity contribution in [1.29, 1.82) is 0 Å². The van der Waals surface area contributed by atoms with Crippen LogP contribution in [0.2, 0.25) is 0 Å². The molecule has 0 spiro atoms. The van der Waals surface area contributed by atoms with Gasteiger partial charge < -0.3 is 9.42 Å². The molecule has 2 aliphatic rings. The average Bonchev–Trinajstić information content (AvgIpc) is 3.44. The van der Waals surface area contributed by atoms with Gasteiger partial charge in [-0.15, -0.1) is 0 Å². The molecule has 132 valence electrons. The molecule has 3 heterocycles. The SMILES string of the molecule is O=C(c1nccc2ccccc12)N1CCCC[C@H]1c1nc(C2CC2)no1. The highest BCUT2D eigenvalue weighted by Gasteiger charge is 2.36. The van der Waals surface area contributed by atoms with E-state index in [9.17, 15) is 4.79 Å². The van der Waals surface area contributed by atoms with Gasteiger partial charge in [0.05, 0.1) is 0 Å². The standard InChI is InChI=1S/C20H20N4O2/c25-20(17-15-6-2-1-5-13(15)10-11-21-17)24-12-4-3-7-16(24)19-22-18(23-26-19)14-8-9-14/h1-2,5-6,10-11,14,16H,3-4,7-9,12H2/t16-/m0/s1. The number of likely N-dealkylation sites (tertiary alicyclic amines) is 1. The van der Waals surface area contributed by atoms with Crippen molar-refractivity contribution in [3.05, 3.63) is 53.9 Å². The summed E-state index contributed by atoms with van der Waals surface area (Å²) in [6.45, 7) is 0.690. The molecule has 1 amide bonds. The van der Waals surface area contributed by atoms with E-state index in [4.69, 9.17) is 4.52 Å². The maximum absolute atomic E-state index is 13.3. The third-order valence-corrected chi connectivity index (χ3v) is 5.32. The maximum Gasteiger partial charge on any atom is 0.273 e. The summed E-state index contributed by atoms with van der Waals surface area (Å²) in [6.07, 6.45) is 6.85. The van der Waals surface area contributed by atoms with Crippen molar-refractivity contribution >= 4 is 16.7 Å². The van der Waals surface area contributed by atoms with Crippen molar-refractivity contribution < 1.29 is 9.32 Å². The summed E-state index contributed by atoms with van der Waals surface area (Å²) in [5.74, 6) is 1.75. The van der Waals surface area contributed by atoms with Gasteiger partial charge in [-0.3, -0.25) is 9.78 Å². The van der Waals surface area contributed by atoms with E-state index in [1.165, 1.54) is 0 Å². The number of aromatic nitrogens is 3. The molecule has 6 heteroatoms. The van der Waals surface area contributed by atoms with E-state index in [0.29, 0.717) is 24.0 Å². The summed E-state index contributed by atoms with van der Waals surface area (Å²) in [4.78, 5) is 24.2. The van der Waals surface area contributed by atoms with Crippen LogP contribution < -0.4 is 0 Å². The van der Waals surface area contributed by atoms with Crippen molar-refractivity contribution in [2.24, 2.45) is 0 Å². The van der Waals surface area contributed by atoms with Gasteiger partial charge in [0.25, 0.3) is 5.91 Å². The zero-order chi connectivity index (χ0) is 17.5. The molecule has 1 aliphatic carbocycles. The lowest BCUT2D eigenvalue weighted by Crippen LogP contribution is -2.39. The fourth-order valence-electron chi connectivity index (χ4n) is 3.75. The van der Waals surface area contributed by atoms with Crippen LogP contribution in [0.15, 0.2) is 41.1 Å². The molecule has 0 radical (unpaired) electrons. The van der Waals surface area contributed by atoms with Gasteiger partial charge in [0.15, 0.2) is 5.82 Å². The largest absolute Gasteiger partial charge is 0.337 e. The van der Waals surface area contributed by atoms with E-state index in [0.717, 1.165) is 48.7 Å². The first-order chi connectivity index (χ1) is 12.8. The number of fused-ring (bicyclic) bond motifs is 1. The van der Waals surface area contributed by atoms with Crippen molar-refractivity contribution in [1.82, 2.24) is 20.0 Å². The second-order valence-corrected chi connectivity index (χ2v) is 7.16. The van der Waals surface area contributed by atoms with E-state index < -0.39 is 0 Å². The lowest BCUT2D eigenvalue weighted by atomic mass is 10.0. The molecule has 2 aromatic heterocycles. The highest BCUT2D eigenvalue weighted by molar-refractivity contribution is 6.05. The van der Waals surface area contributed by atoms with Gasteiger partial charge in [-0.2, -0.15) is 4.98 Å². The number of hydrogen-bond acceptors (Lipinski definition) is 5. The number of piperidine rings is 1. The van der Waals surface area contributed by atoms with Crippen molar-refractivity contribution in [2.45, 2.75) is 44.1 Å². The van der Waals surface area contributed by atoms with Crippen LogP contribution in [0.4, 0.5) is 0 Å². The number of pyridine rings is 1. The fourth-order valence-corrected chi connectivity index (χ4v) is 3.75. The zero-order valence-electron chi connectivity index (χ0n) is 14.5. The number of carbonyl (C=O) groups is 1.